The maximum Gasteiger partial charge on any atom is 0.330 e. The number of nitrogens with zero attached hydrogens (tertiary/aromatic N) is 1. The number of hydrogen-bond donors (Lipinski definition) is 1. The number of rotatable bonds is 4. The third-order valence-corrected chi connectivity index (χ3v) is 4.69. The van der Waals surface area contributed by atoms with E-state index >= 15 is 0 Å². The number of hydrogen-bond acceptors (Lipinski definition) is 3. The Morgan fingerprint density at radius 2 is 2.12 bits per heavy atom. The number of amides is 1. The molecule has 1 heterocycles. The van der Waals surface area contributed by atoms with Crippen molar-refractivity contribution >= 4 is 24.1 Å². The molecule has 5 heteroatoms. The normalized spacial score (nSPS) is 28.4. The van der Waals surface area contributed by atoms with Gasteiger partial charge in [-0.1, -0.05) is 13.8 Å². The molecule has 0 aromatic rings. The van der Waals surface area contributed by atoms with Crippen molar-refractivity contribution in [2.75, 3.05) is 18.1 Å². The summed E-state index contributed by atoms with van der Waals surface area (Å²) in [5.74, 6) is 0.540. The number of carboxylic acids is 1. The molecule has 16 heavy (non-hydrogen) atoms. The van der Waals surface area contributed by atoms with E-state index in [1.807, 2.05) is 6.92 Å². The molecule has 1 unspecified atom stereocenters. The zero-order chi connectivity index (χ0) is 12.4. The van der Waals surface area contributed by atoms with Gasteiger partial charge in [0.2, 0.25) is 6.41 Å². The van der Waals surface area contributed by atoms with Crippen molar-refractivity contribution in [3.8, 4) is 0 Å². The van der Waals surface area contributed by atoms with E-state index in [1.54, 1.807) is 11.8 Å². The average Bonchev–Trinajstić information content (AvgIpc) is 2.17. The Hall–Kier alpha value is -0.710. The molecule has 1 N–H and O–H groups in total. The predicted octanol–water partition coefficient (Wildman–Crippen LogP) is 1.45. The van der Waals surface area contributed by atoms with Crippen LogP contribution in [-0.4, -0.2) is 46.0 Å². The van der Waals surface area contributed by atoms with Crippen molar-refractivity contribution in [2.24, 2.45) is 5.41 Å². The second kappa shape index (κ2) is 4.65. The van der Waals surface area contributed by atoms with E-state index in [0.717, 1.165) is 5.75 Å². The minimum absolute atomic E-state index is 0.0439. The van der Waals surface area contributed by atoms with E-state index in [2.05, 4.69) is 13.8 Å². The molecule has 0 aromatic carbocycles. The fourth-order valence-corrected chi connectivity index (χ4v) is 3.80. The van der Waals surface area contributed by atoms with Crippen LogP contribution in [0.25, 0.3) is 0 Å². The number of thioether (sulfide) groups is 1. The van der Waals surface area contributed by atoms with Crippen molar-refractivity contribution in [2.45, 2.75) is 32.7 Å². The molecule has 1 amide bonds. The highest BCUT2D eigenvalue weighted by atomic mass is 32.2. The molecule has 1 rings (SSSR count). The molecule has 1 aliphatic heterocycles. The van der Waals surface area contributed by atoms with Crippen molar-refractivity contribution < 1.29 is 14.7 Å². The molecule has 0 aliphatic carbocycles. The number of likely N-dealkylation sites (N-methyl/N-ethyl adjacent to an activating group) is 1. The largest absolute Gasteiger partial charge is 0.479 e. The Bertz CT molecular complexity index is 293. The first-order chi connectivity index (χ1) is 7.38. The third kappa shape index (κ3) is 2.34. The van der Waals surface area contributed by atoms with E-state index in [4.69, 9.17) is 0 Å². The lowest BCUT2D eigenvalue weighted by Crippen LogP contribution is -2.60. The summed E-state index contributed by atoms with van der Waals surface area (Å²) >= 11 is 1.61. The summed E-state index contributed by atoms with van der Waals surface area (Å²) in [5, 5.41) is 9.44. The molecule has 1 fully saturated rings. The summed E-state index contributed by atoms with van der Waals surface area (Å²) in [6.07, 6.45) is 1.19. The summed E-state index contributed by atoms with van der Waals surface area (Å²) in [4.78, 5) is 23.9. The smallest absolute Gasteiger partial charge is 0.330 e. The van der Waals surface area contributed by atoms with E-state index in [9.17, 15) is 14.7 Å². The zero-order valence-electron chi connectivity index (χ0n) is 10.0. The Kier molecular flexibility index (Phi) is 3.88. The zero-order valence-corrected chi connectivity index (χ0v) is 10.8. The van der Waals surface area contributed by atoms with E-state index < -0.39 is 11.5 Å². The number of carbonyl (C=O) groups excluding carboxylic acids is 1. The molecule has 1 saturated heterocycles. The monoisotopic (exact) mass is 245 g/mol. The van der Waals surface area contributed by atoms with Crippen molar-refractivity contribution in [1.82, 2.24) is 4.90 Å². The molecule has 0 aromatic heterocycles. The lowest BCUT2D eigenvalue weighted by molar-refractivity contribution is -0.155. The molecule has 92 valence electrons. The van der Waals surface area contributed by atoms with Gasteiger partial charge < -0.3 is 10.0 Å². The van der Waals surface area contributed by atoms with E-state index in [-0.39, 0.29) is 5.41 Å². The van der Waals surface area contributed by atoms with Crippen LogP contribution in [0.5, 0.6) is 0 Å². The van der Waals surface area contributed by atoms with Crippen LogP contribution in [-0.2, 0) is 9.59 Å². The van der Waals surface area contributed by atoms with Crippen LogP contribution in [0.15, 0.2) is 0 Å². The van der Waals surface area contributed by atoms with Gasteiger partial charge in [0.25, 0.3) is 0 Å². The summed E-state index contributed by atoms with van der Waals surface area (Å²) in [6, 6.07) is 0. The molecular formula is C11H19NO3S. The lowest BCUT2D eigenvalue weighted by atomic mass is 9.79. The molecule has 0 radical (unpaired) electrons. The lowest BCUT2D eigenvalue weighted by Gasteiger charge is -2.46. The molecule has 1 atom stereocenters. The van der Waals surface area contributed by atoms with Gasteiger partial charge in [-0.3, -0.25) is 4.79 Å². The van der Waals surface area contributed by atoms with Gasteiger partial charge in [0.1, 0.15) is 5.54 Å². The highest BCUT2D eigenvalue weighted by Crippen LogP contribution is 2.42. The number of carbonyl (C=O) groups is 2. The van der Waals surface area contributed by atoms with Gasteiger partial charge in [0.05, 0.1) is 0 Å². The van der Waals surface area contributed by atoms with Crippen LogP contribution in [0.4, 0.5) is 0 Å². The molecular weight excluding hydrogens is 226 g/mol. The van der Waals surface area contributed by atoms with Crippen LogP contribution in [0.2, 0.25) is 0 Å². The summed E-state index contributed by atoms with van der Waals surface area (Å²) < 4.78 is 0. The molecule has 0 bridgehead atoms. The van der Waals surface area contributed by atoms with Crippen LogP contribution < -0.4 is 0 Å². The quantitative estimate of drug-likeness (QED) is 0.762. The van der Waals surface area contributed by atoms with Gasteiger partial charge in [-0.05, 0) is 24.5 Å². The molecule has 0 spiro atoms. The van der Waals surface area contributed by atoms with Gasteiger partial charge in [-0.25, -0.2) is 4.79 Å². The van der Waals surface area contributed by atoms with Crippen molar-refractivity contribution in [1.29, 1.82) is 0 Å². The van der Waals surface area contributed by atoms with Crippen LogP contribution in [0, 0.1) is 5.41 Å². The molecule has 4 nitrogen and oxygen atoms in total. The Morgan fingerprint density at radius 1 is 1.50 bits per heavy atom. The first-order valence-electron chi connectivity index (χ1n) is 5.41. The minimum atomic E-state index is -1.02. The first kappa shape index (κ1) is 13.4. The Balaban J connectivity index is 3.05. The van der Waals surface area contributed by atoms with Gasteiger partial charge in [0, 0.05) is 12.3 Å². The Labute approximate surface area is 100 Å². The standard InChI is InChI=1S/C11H19NO3S/c1-4-12(8-13)11(9(14)15)5-10(2,3)6-16-7-11/h8H,4-7H2,1-3H3,(H,14,15). The number of aliphatic carboxylic acids is 1. The average molecular weight is 245 g/mol. The van der Waals surface area contributed by atoms with Crippen LogP contribution >= 0.6 is 11.8 Å². The van der Waals surface area contributed by atoms with Gasteiger partial charge in [-0.15, -0.1) is 0 Å². The maximum atomic E-state index is 11.5. The summed E-state index contributed by atoms with van der Waals surface area (Å²) in [5.41, 5.74) is -1.07. The third-order valence-electron chi connectivity index (χ3n) is 3.02. The fraction of sp³-hybridized carbons (Fsp3) is 0.818. The van der Waals surface area contributed by atoms with Gasteiger partial charge >= 0.3 is 5.97 Å². The number of carboxylic acid groups (broad SMARTS) is 1. The molecule has 1 aliphatic rings. The molecule has 0 saturated carbocycles. The van der Waals surface area contributed by atoms with E-state index in [1.165, 1.54) is 4.90 Å². The van der Waals surface area contributed by atoms with E-state index in [0.29, 0.717) is 25.1 Å². The fourth-order valence-electron chi connectivity index (χ4n) is 2.31. The highest BCUT2D eigenvalue weighted by Gasteiger charge is 2.49. The van der Waals surface area contributed by atoms with Crippen molar-refractivity contribution in [3.63, 3.8) is 0 Å². The second-order valence-corrected chi connectivity index (χ2v) is 6.05. The first-order valence-corrected chi connectivity index (χ1v) is 6.56. The highest BCUT2D eigenvalue weighted by molar-refractivity contribution is 7.99. The maximum absolute atomic E-state index is 11.5. The van der Waals surface area contributed by atoms with Crippen LogP contribution in [0.1, 0.15) is 27.2 Å². The predicted molar refractivity (Wildman–Crippen MR) is 64.5 cm³/mol. The SMILES string of the molecule is CCN(C=O)C1(C(=O)O)CSCC(C)(C)C1. The summed E-state index contributed by atoms with van der Waals surface area (Å²) in [6.45, 7) is 6.35. The van der Waals surface area contributed by atoms with Gasteiger partial charge in [-0.2, -0.15) is 11.8 Å². The summed E-state index contributed by atoms with van der Waals surface area (Å²) in [7, 11) is 0. The topological polar surface area (TPSA) is 57.6 Å². The van der Waals surface area contributed by atoms with Gasteiger partial charge in [0.15, 0.2) is 0 Å². The van der Waals surface area contributed by atoms with Crippen molar-refractivity contribution in [3.05, 3.63) is 0 Å². The van der Waals surface area contributed by atoms with Crippen LogP contribution in [0.3, 0.4) is 0 Å². The Morgan fingerprint density at radius 3 is 2.50 bits per heavy atom. The minimum Gasteiger partial charge on any atom is -0.479 e. The second-order valence-electron chi connectivity index (χ2n) is 5.06.